The monoisotopic (exact) mass is 342 g/mol. The quantitative estimate of drug-likeness (QED) is 0.650. The molecule has 0 heterocycles. The molecule has 0 atom stereocenters. The van der Waals surface area contributed by atoms with Crippen LogP contribution in [-0.4, -0.2) is 46.3 Å². The third-order valence-electron chi connectivity index (χ3n) is 4.15. The molecular formula is C21H30N2O2. The van der Waals surface area contributed by atoms with Crippen LogP contribution in [-0.2, 0) is 22.7 Å². The second-order valence-corrected chi connectivity index (χ2v) is 6.43. The van der Waals surface area contributed by atoms with Gasteiger partial charge in [-0.25, -0.2) is 0 Å². The Hall–Kier alpha value is -1.88. The van der Waals surface area contributed by atoms with E-state index in [1.807, 2.05) is 0 Å². The van der Waals surface area contributed by atoms with Crippen molar-refractivity contribution in [1.29, 1.82) is 0 Å². The zero-order chi connectivity index (χ0) is 18.1. The third kappa shape index (κ3) is 5.56. The van der Waals surface area contributed by atoms with Crippen molar-refractivity contribution in [3.8, 4) is 0 Å². The van der Waals surface area contributed by atoms with Crippen LogP contribution in [0.2, 0.25) is 0 Å². The van der Waals surface area contributed by atoms with E-state index in [1.54, 1.807) is 14.2 Å². The molecule has 0 aliphatic rings. The zero-order valence-electron chi connectivity index (χ0n) is 15.9. The van der Waals surface area contributed by atoms with Crippen molar-refractivity contribution in [2.45, 2.75) is 19.6 Å². The van der Waals surface area contributed by atoms with Gasteiger partial charge in [0.15, 0.2) is 0 Å². The van der Waals surface area contributed by atoms with Gasteiger partial charge < -0.3 is 19.3 Å². The predicted molar refractivity (Wildman–Crippen MR) is 104 cm³/mol. The van der Waals surface area contributed by atoms with Crippen molar-refractivity contribution in [3.05, 3.63) is 59.7 Å². The smallest absolute Gasteiger partial charge is 0.0733 e. The summed E-state index contributed by atoms with van der Waals surface area (Å²) in [5.74, 6) is 0. The summed E-state index contributed by atoms with van der Waals surface area (Å²) in [6, 6.07) is 16.9. The summed E-state index contributed by atoms with van der Waals surface area (Å²) >= 11 is 0. The Morgan fingerprint density at radius 3 is 1.64 bits per heavy atom. The lowest BCUT2D eigenvalue weighted by Gasteiger charge is -2.29. The van der Waals surface area contributed by atoms with Crippen LogP contribution in [0.15, 0.2) is 48.5 Å². The van der Waals surface area contributed by atoms with Crippen LogP contribution in [0, 0.1) is 0 Å². The predicted octanol–water partition coefficient (Wildman–Crippen LogP) is 4.07. The minimum Gasteiger partial charge on any atom is -0.380 e. The first-order valence-electron chi connectivity index (χ1n) is 8.73. The van der Waals surface area contributed by atoms with Crippen LogP contribution in [0.1, 0.15) is 17.5 Å². The number of benzene rings is 2. The number of anilines is 2. The molecule has 0 N–H and O–H groups in total. The fraction of sp³-hybridized carbons (Fsp3) is 0.429. The maximum atomic E-state index is 5.42. The van der Waals surface area contributed by atoms with E-state index in [1.165, 1.54) is 22.5 Å². The molecule has 0 aromatic heterocycles. The lowest BCUT2D eigenvalue weighted by molar-refractivity contribution is 0.184. The Labute approximate surface area is 152 Å². The molecular weight excluding hydrogens is 312 g/mol. The Morgan fingerprint density at radius 1 is 0.720 bits per heavy atom. The minimum absolute atomic E-state index is 0.604. The highest BCUT2D eigenvalue weighted by molar-refractivity contribution is 5.69. The number of methoxy groups -OCH3 is 2. The van der Waals surface area contributed by atoms with Gasteiger partial charge in [0.25, 0.3) is 0 Å². The van der Waals surface area contributed by atoms with Gasteiger partial charge in [0.1, 0.15) is 0 Å². The van der Waals surface area contributed by atoms with Crippen molar-refractivity contribution in [2.75, 3.05) is 46.3 Å². The summed E-state index contributed by atoms with van der Waals surface area (Å²) in [6.45, 7) is 3.20. The van der Waals surface area contributed by atoms with Gasteiger partial charge in [-0.1, -0.05) is 36.4 Å². The number of ether oxygens (including phenoxy) is 2. The van der Waals surface area contributed by atoms with Gasteiger partial charge in [-0.15, -0.1) is 0 Å². The largest absolute Gasteiger partial charge is 0.380 e. The molecule has 0 fully saturated rings. The summed E-state index contributed by atoms with van der Waals surface area (Å²) in [4.78, 5) is 4.62. The summed E-state index contributed by atoms with van der Waals surface area (Å²) in [5, 5.41) is 0. The number of nitrogens with zero attached hydrogens (tertiary/aromatic N) is 2. The van der Waals surface area contributed by atoms with E-state index in [0.29, 0.717) is 13.2 Å². The lowest BCUT2D eigenvalue weighted by Crippen LogP contribution is -2.25. The molecule has 0 amide bonds. The van der Waals surface area contributed by atoms with E-state index in [2.05, 4.69) is 72.4 Å². The average Bonchev–Trinajstić information content (AvgIpc) is 2.61. The van der Waals surface area contributed by atoms with E-state index in [-0.39, 0.29) is 0 Å². The molecule has 0 spiro atoms. The van der Waals surface area contributed by atoms with Gasteiger partial charge in [-0.2, -0.15) is 0 Å². The maximum Gasteiger partial charge on any atom is 0.0733 e. The Kier molecular flexibility index (Phi) is 7.92. The fourth-order valence-corrected chi connectivity index (χ4v) is 3.02. The topological polar surface area (TPSA) is 24.9 Å². The number of rotatable bonds is 10. The highest BCUT2D eigenvalue weighted by atomic mass is 16.5. The summed E-state index contributed by atoms with van der Waals surface area (Å²) in [5.41, 5.74) is 4.79. The van der Waals surface area contributed by atoms with Crippen LogP contribution in [0.5, 0.6) is 0 Å². The molecule has 4 nitrogen and oxygen atoms in total. The number of hydrogen-bond acceptors (Lipinski definition) is 4. The molecule has 0 saturated carbocycles. The lowest BCUT2D eigenvalue weighted by atomic mass is 10.1. The molecule has 25 heavy (non-hydrogen) atoms. The molecule has 0 saturated heterocycles. The normalized spacial score (nSPS) is 11.1. The first kappa shape index (κ1) is 19.4. The van der Waals surface area contributed by atoms with Gasteiger partial charge in [-0.05, 0) is 39.2 Å². The highest BCUT2D eigenvalue weighted by Crippen LogP contribution is 2.32. The molecule has 136 valence electrons. The maximum absolute atomic E-state index is 5.42. The molecule has 0 aliphatic heterocycles. The Balaban J connectivity index is 2.40. The first-order valence-corrected chi connectivity index (χ1v) is 8.73. The van der Waals surface area contributed by atoms with Crippen molar-refractivity contribution in [1.82, 2.24) is 4.90 Å². The molecule has 4 heteroatoms. The highest BCUT2D eigenvalue weighted by Gasteiger charge is 2.16. The van der Waals surface area contributed by atoms with Gasteiger partial charge in [0.05, 0.1) is 13.2 Å². The molecule has 0 bridgehead atoms. The van der Waals surface area contributed by atoms with E-state index in [9.17, 15) is 0 Å². The summed E-state index contributed by atoms with van der Waals surface area (Å²) in [6.07, 6.45) is 1.08. The van der Waals surface area contributed by atoms with Crippen LogP contribution >= 0.6 is 0 Å². The SMILES string of the molecule is COCc1ccccc1N(CCCN(C)C)c1ccccc1COC. The van der Waals surface area contributed by atoms with Crippen molar-refractivity contribution < 1.29 is 9.47 Å². The van der Waals surface area contributed by atoms with Crippen LogP contribution in [0.4, 0.5) is 11.4 Å². The Bertz CT molecular complexity index is 594. The number of hydrogen-bond donors (Lipinski definition) is 0. The average molecular weight is 342 g/mol. The fourth-order valence-electron chi connectivity index (χ4n) is 3.02. The van der Waals surface area contributed by atoms with Crippen LogP contribution in [0.25, 0.3) is 0 Å². The molecule has 0 unspecified atom stereocenters. The zero-order valence-corrected chi connectivity index (χ0v) is 15.9. The standard InChI is InChI=1S/C21H30N2O2/c1-22(2)14-9-15-23(20-12-7-5-10-18(20)16-24-3)21-13-8-6-11-19(21)17-25-4/h5-8,10-13H,9,14-17H2,1-4H3. The van der Waals surface area contributed by atoms with Crippen molar-refractivity contribution in [2.24, 2.45) is 0 Å². The summed E-state index contributed by atoms with van der Waals surface area (Å²) in [7, 11) is 7.71. The number of para-hydroxylation sites is 2. The molecule has 0 radical (unpaired) electrons. The van der Waals surface area contributed by atoms with E-state index >= 15 is 0 Å². The molecule has 2 rings (SSSR count). The third-order valence-corrected chi connectivity index (χ3v) is 4.15. The van der Waals surface area contributed by atoms with Crippen molar-refractivity contribution >= 4 is 11.4 Å². The van der Waals surface area contributed by atoms with E-state index in [0.717, 1.165) is 19.5 Å². The van der Waals surface area contributed by atoms with E-state index < -0.39 is 0 Å². The van der Waals surface area contributed by atoms with Crippen molar-refractivity contribution in [3.63, 3.8) is 0 Å². The second-order valence-electron chi connectivity index (χ2n) is 6.43. The summed E-state index contributed by atoms with van der Waals surface area (Å²) < 4.78 is 10.8. The van der Waals surface area contributed by atoms with Gasteiger partial charge >= 0.3 is 0 Å². The van der Waals surface area contributed by atoms with Crippen LogP contribution < -0.4 is 4.90 Å². The second kappa shape index (κ2) is 10.2. The van der Waals surface area contributed by atoms with Gasteiger partial charge in [0.2, 0.25) is 0 Å². The molecule has 2 aromatic rings. The van der Waals surface area contributed by atoms with Gasteiger partial charge in [-0.3, -0.25) is 0 Å². The van der Waals surface area contributed by atoms with Crippen LogP contribution in [0.3, 0.4) is 0 Å². The van der Waals surface area contributed by atoms with E-state index in [4.69, 9.17) is 9.47 Å². The first-order chi connectivity index (χ1) is 12.2. The Morgan fingerprint density at radius 2 is 1.20 bits per heavy atom. The molecule has 0 aliphatic carbocycles. The molecule has 2 aromatic carbocycles. The van der Waals surface area contributed by atoms with Gasteiger partial charge in [0, 0.05) is 43.3 Å². The minimum atomic E-state index is 0.604.